The molecule has 1 saturated heterocycles. The second-order valence-corrected chi connectivity index (χ2v) is 11.9. The monoisotopic (exact) mass is 714 g/mol. The summed E-state index contributed by atoms with van der Waals surface area (Å²) in [5.41, 5.74) is 0.854. The number of nitrogens with one attached hydrogen (secondary N) is 2. The van der Waals surface area contributed by atoms with E-state index in [1.54, 1.807) is 30.3 Å². The van der Waals surface area contributed by atoms with Crippen LogP contribution in [0, 0.1) is 0 Å². The maximum atomic E-state index is 13.4. The normalized spacial score (nSPS) is 18.6. The highest BCUT2D eigenvalue weighted by molar-refractivity contribution is 5.82. The molecule has 280 valence electrons. The van der Waals surface area contributed by atoms with E-state index in [9.17, 15) is 24.0 Å². The Labute approximate surface area is 298 Å². The standard InChI is InChI=1S/C37H50N2O12/c1-4-6-21-30(40)50-32-29(49-35(45-3)33(32)51-31(41)22-7-5-2)25-46-34(42)28(39-37(44)48-27-18-12-9-13-19-27)20-14-15-23-38-36(43)47-24-26-16-10-8-11-17-26/h8-13,16-19,28-29,32-33,35H,4-7,14-15,20-25H2,1-3H3,(H,38,43)(H,39,44). The molecular weight excluding hydrogens is 664 g/mol. The number of hydrogen-bond donors (Lipinski definition) is 2. The summed E-state index contributed by atoms with van der Waals surface area (Å²) in [6.07, 6.45) is -1.69. The summed E-state index contributed by atoms with van der Waals surface area (Å²) in [7, 11) is 1.36. The first kappa shape index (κ1) is 40.7. The van der Waals surface area contributed by atoms with Gasteiger partial charge in [0.05, 0.1) is 0 Å². The van der Waals surface area contributed by atoms with Crippen LogP contribution >= 0.6 is 0 Å². The van der Waals surface area contributed by atoms with Gasteiger partial charge in [0.1, 0.15) is 31.1 Å². The molecule has 0 spiro atoms. The molecule has 0 saturated carbocycles. The van der Waals surface area contributed by atoms with E-state index in [0.717, 1.165) is 18.4 Å². The molecule has 1 fully saturated rings. The molecule has 0 aromatic heterocycles. The van der Waals surface area contributed by atoms with Gasteiger partial charge in [0, 0.05) is 26.5 Å². The highest BCUT2D eigenvalue weighted by Crippen LogP contribution is 2.29. The van der Waals surface area contributed by atoms with Crippen LogP contribution in [0.1, 0.15) is 77.2 Å². The first-order chi connectivity index (χ1) is 24.7. The molecule has 2 aromatic rings. The van der Waals surface area contributed by atoms with E-state index >= 15 is 0 Å². The van der Waals surface area contributed by atoms with Crippen LogP contribution in [0.15, 0.2) is 60.7 Å². The number of rotatable bonds is 21. The van der Waals surface area contributed by atoms with Crippen molar-refractivity contribution in [2.75, 3.05) is 20.3 Å². The number of methoxy groups -OCH3 is 1. The molecule has 14 heteroatoms. The molecule has 1 aliphatic heterocycles. The van der Waals surface area contributed by atoms with Gasteiger partial charge in [-0.1, -0.05) is 75.2 Å². The Morgan fingerprint density at radius 3 is 2.02 bits per heavy atom. The Hall–Kier alpha value is -4.69. The fourth-order valence-electron chi connectivity index (χ4n) is 5.07. The van der Waals surface area contributed by atoms with Crippen LogP contribution in [0.2, 0.25) is 0 Å². The molecule has 14 nitrogen and oxygen atoms in total. The summed E-state index contributed by atoms with van der Waals surface area (Å²) < 4.78 is 38.8. The lowest BCUT2D eigenvalue weighted by Gasteiger charge is -2.24. The first-order valence-corrected chi connectivity index (χ1v) is 17.5. The Morgan fingerprint density at radius 2 is 1.39 bits per heavy atom. The molecule has 2 N–H and O–H groups in total. The van der Waals surface area contributed by atoms with E-state index in [1.165, 1.54) is 7.11 Å². The van der Waals surface area contributed by atoms with E-state index in [2.05, 4.69) is 10.6 Å². The fourth-order valence-corrected chi connectivity index (χ4v) is 5.07. The zero-order chi connectivity index (χ0) is 36.8. The van der Waals surface area contributed by atoms with Gasteiger partial charge in [-0.3, -0.25) is 9.59 Å². The topological polar surface area (TPSA) is 174 Å². The molecule has 2 amide bonds. The average molecular weight is 715 g/mol. The van der Waals surface area contributed by atoms with Gasteiger partial charge in [-0.2, -0.15) is 0 Å². The van der Waals surface area contributed by atoms with E-state index in [-0.39, 0.29) is 38.2 Å². The van der Waals surface area contributed by atoms with Crippen LogP contribution in [-0.4, -0.2) is 81.0 Å². The zero-order valence-electron chi connectivity index (χ0n) is 29.5. The van der Waals surface area contributed by atoms with Crippen molar-refractivity contribution in [2.24, 2.45) is 0 Å². The summed E-state index contributed by atoms with van der Waals surface area (Å²) in [5, 5.41) is 5.22. The summed E-state index contributed by atoms with van der Waals surface area (Å²) >= 11 is 0. The largest absolute Gasteiger partial charge is 0.461 e. The Morgan fingerprint density at radius 1 is 0.765 bits per heavy atom. The number of carbonyl (C=O) groups is 5. The average Bonchev–Trinajstić information content (AvgIpc) is 3.46. The van der Waals surface area contributed by atoms with E-state index in [4.69, 9.17) is 33.2 Å². The van der Waals surface area contributed by atoms with Crippen molar-refractivity contribution in [3.05, 3.63) is 66.2 Å². The van der Waals surface area contributed by atoms with E-state index in [1.807, 2.05) is 44.2 Å². The molecule has 51 heavy (non-hydrogen) atoms. The van der Waals surface area contributed by atoms with Crippen molar-refractivity contribution in [3.63, 3.8) is 0 Å². The highest BCUT2D eigenvalue weighted by Gasteiger charge is 2.50. The van der Waals surface area contributed by atoms with Gasteiger partial charge in [0.2, 0.25) is 0 Å². The van der Waals surface area contributed by atoms with Gasteiger partial charge in [0.15, 0.2) is 18.5 Å². The SMILES string of the molecule is CCCCC(=O)OC1C(COC(=O)C(CCCCNC(=O)OCc2ccccc2)NC(=O)Oc2ccccc2)OC(OC)C1OC(=O)CCCC. The first-order valence-electron chi connectivity index (χ1n) is 17.5. The predicted octanol–water partition coefficient (Wildman–Crippen LogP) is 5.36. The van der Waals surface area contributed by atoms with Gasteiger partial charge in [-0.05, 0) is 49.8 Å². The van der Waals surface area contributed by atoms with Crippen molar-refractivity contribution >= 4 is 30.1 Å². The number of ether oxygens (including phenoxy) is 7. The van der Waals surface area contributed by atoms with Crippen molar-refractivity contribution in [1.82, 2.24) is 10.6 Å². The van der Waals surface area contributed by atoms with Crippen LogP contribution in [0.4, 0.5) is 9.59 Å². The summed E-state index contributed by atoms with van der Waals surface area (Å²) in [4.78, 5) is 63.5. The zero-order valence-corrected chi connectivity index (χ0v) is 29.5. The summed E-state index contributed by atoms with van der Waals surface area (Å²) in [6, 6.07) is 16.5. The number of hydrogen-bond acceptors (Lipinski definition) is 12. The maximum Gasteiger partial charge on any atom is 0.413 e. The number of unbranched alkanes of at least 4 members (excludes halogenated alkanes) is 3. The molecule has 3 rings (SSSR count). The molecule has 0 radical (unpaired) electrons. The Balaban J connectivity index is 1.62. The van der Waals surface area contributed by atoms with Gasteiger partial charge in [-0.15, -0.1) is 0 Å². The minimum absolute atomic E-state index is 0.130. The van der Waals surface area contributed by atoms with Gasteiger partial charge in [-0.25, -0.2) is 14.4 Å². The third-order valence-corrected chi connectivity index (χ3v) is 7.83. The number of carbonyl (C=O) groups excluding carboxylic acids is 5. The lowest BCUT2D eigenvalue weighted by molar-refractivity contribution is -0.184. The maximum absolute atomic E-state index is 13.4. The minimum Gasteiger partial charge on any atom is -0.461 e. The number of esters is 3. The summed E-state index contributed by atoms with van der Waals surface area (Å²) in [5.74, 6) is -1.54. The number of amides is 2. The quantitative estimate of drug-likeness (QED) is 0.0964. The third kappa shape index (κ3) is 15.0. The molecule has 1 aliphatic rings. The summed E-state index contributed by atoms with van der Waals surface area (Å²) in [6.45, 7) is 3.88. The molecule has 5 unspecified atom stereocenters. The second-order valence-electron chi connectivity index (χ2n) is 11.9. The number of benzene rings is 2. The molecule has 5 atom stereocenters. The number of para-hydroxylation sites is 1. The van der Waals surface area contributed by atoms with Crippen LogP contribution in [0.5, 0.6) is 5.75 Å². The molecule has 2 aromatic carbocycles. The Kier molecular flexibility index (Phi) is 18.3. The van der Waals surface area contributed by atoms with Crippen molar-refractivity contribution in [1.29, 1.82) is 0 Å². The lowest BCUT2D eigenvalue weighted by Crippen LogP contribution is -2.45. The van der Waals surface area contributed by atoms with E-state index < -0.39 is 67.3 Å². The molecule has 0 aliphatic carbocycles. The van der Waals surface area contributed by atoms with E-state index in [0.29, 0.717) is 25.7 Å². The number of alkyl carbamates (subject to hydrolysis) is 1. The predicted molar refractivity (Wildman–Crippen MR) is 183 cm³/mol. The van der Waals surface area contributed by atoms with Crippen LogP contribution in [-0.2, 0) is 49.4 Å². The van der Waals surface area contributed by atoms with Crippen LogP contribution < -0.4 is 15.4 Å². The third-order valence-electron chi connectivity index (χ3n) is 7.83. The van der Waals surface area contributed by atoms with Crippen LogP contribution in [0.3, 0.4) is 0 Å². The van der Waals surface area contributed by atoms with Crippen LogP contribution in [0.25, 0.3) is 0 Å². The van der Waals surface area contributed by atoms with Crippen molar-refractivity contribution < 1.29 is 57.1 Å². The smallest absolute Gasteiger partial charge is 0.413 e. The highest BCUT2D eigenvalue weighted by atomic mass is 16.7. The molecule has 1 heterocycles. The van der Waals surface area contributed by atoms with Gasteiger partial charge in [0.25, 0.3) is 0 Å². The van der Waals surface area contributed by atoms with Crippen molar-refractivity contribution in [2.45, 2.75) is 109 Å². The van der Waals surface area contributed by atoms with Gasteiger partial charge >= 0.3 is 30.1 Å². The fraction of sp³-hybridized carbons (Fsp3) is 0.541. The molecule has 0 bridgehead atoms. The minimum atomic E-state index is -1.14. The van der Waals surface area contributed by atoms with Crippen molar-refractivity contribution in [3.8, 4) is 5.75 Å². The lowest BCUT2D eigenvalue weighted by atomic mass is 10.1. The van der Waals surface area contributed by atoms with Gasteiger partial charge < -0.3 is 43.8 Å². The second kappa shape index (κ2) is 22.9. The molecular formula is C37H50N2O12. The Bertz CT molecular complexity index is 1360.